The molecule has 1 atom stereocenters. The minimum atomic E-state index is -4.65. The molecule has 2 fully saturated rings. The molecule has 2 aromatic heterocycles. The number of anilines is 2. The maximum absolute atomic E-state index is 13.7. The van der Waals surface area contributed by atoms with Crippen molar-refractivity contribution >= 4 is 17.7 Å². The van der Waals surface area contributed by atoms with Crippen molar-refractivity contribution in [2.24, 2.45) is 0 Å². The number of likely N-dealkylation sites (tertiary alicyclic amines) is 1. The van der Waals surface area contributed by atoms with Gasteiger partial charge in [0.05, 0.1) is 31.0 Å². The highest BCUT2D eigenvalue weighted by atomic mass is 19.4. The Kier molecular flexibility index (Phi) is 6.54. The summed E-state index contributed by atoms with van der Waals surface area (Å²) in [4.78, 5) is 28.0. The molecule has 0 saturated carbocycles. The highest BCUT2D eigenvalue weighted by molar-refractivity contribution is 5.73. The number of carbonyl (C=O) groups is 1. The van der Waals surface area contributed by atoms with Crippen molar-refractivity contribution in [1.29, 1.82) is 0 Å². The van der Waals surface area contributed by atoms with Crippen LogP contribution in [-0.2, 0) is 15.7 Å². The first-order chi connectivity index (χ1) is 15.7. The average molecular weight is 466 g/mol. The van der Waals surface area contributed by atoms with Crippen LogP contribution in [0, 0.1) is 0 Å². The van der Waals surface area contributed by atoms with Gasteiger partial charge < -0.3 is 25.0 Å². The zero-order chi connectivity index (χ0) is 23.6. The van der Waals surface area contributed by atoms with Crippen molar-refractivity contribution in [3.8, 4) is 17.1 Å². The van der Waals surface area contributed by atoms with E-state index in [9.17, 15) is 18.0 Å². The zero-order valence-electron chi connectivity index (χ0n) is 18.1. The first kappa shape index (κ1) is 23.0. The summed E-state index contributed by atoms with van der Waals surface area (Å²) < 4.78 is 52.6. The van der Waals surface area contributed by atoms with Gasteiger partial charge >= 0.3 is 6.18 Å². The standard InChI is InChI=1S/C21H25F3N6O3/c1-13(31)30-4-2-3-14(12-30)33-19-10-17(27-20(28-19)29-5-7-32-8-6-29)15-11-26-18(25)9-16(15)21(22,23)24/h9-11,14H,2-8,12H2,1H3,(H2,25,26)/t14-/m1/s1. The molecular formula is C21H25F3N6O3. The van der Waals surface area contributed by atoms with Gasteiger partial charge in [-0.05, 0) is 18.9 Å². The number of ether oxygens (including phenoxy) is 2. The normalized spacial score (nSPS) is 19.5. The van der Waals surface area contributed by atoms with Gasteiger partial charge in [0.2, 0.25) is 17.7 Å². The smallest absolute Gasteiger partial charge is 0.417 e. The molecule has 2 aliphatic heterocycles. The third-order valence-corrected chi connectivity index (χ3v) is 5.60. The fraction of sp³-hybridized carbons (Fsp3) is 0.524. The lowest BCUT2D eigenvalue weighted by Crippen LogP contribution is -2.43. The molecule has 4 rings (SSSR count). The van der Waals surface area contributed by atoms with Crippen LogP contribution in [0.3, 0.4) is 0 Å². The Morgan fingerprint density at radius 1 is 1.21 bits per heavy atom. The number of nitrogen functional groups attached to an aromatic ring is 1. The van der Waals surface area contributed by atoms with Crippen molar-refractivity contribution in [2.75, 3.05) is 50.0 Å². The number of amides is 1. The van der Waals surface area contributed by atoms with E-state index >= 15 is 0 Å². The molecule has 0 bridgehead atoms. The Morgan fingerprint density at radius 3 is 2.67 bits per heavy atom. The Hall–Kier alpha value is -3.15. The van der Waals surface area contributed by atoms with Crippen LogP contribution in [0.25, 0.3) is 11.3 Å². The van der Waals surface area contributed by atoms with Crippen LogP contribution >= 0.6 is 0 Å². The number of nitrogens with zero attached hydrogens (tertiary/aromatic N) is 5. The van der Waals surface area contributed by atoms with Crippen LogP contribution in [-0.4, -0.2) is 71.3 Å². The van der Waals surface area contributed by atoms with E-state index in [1.807, 2.05) is 4.90 Å². The van der Waals surface area contributed by atoms with Crippen LogP contribution in [0.5, 0.6) is 5.88 Å². The van der Waals surface area contributed by atoms with Crippen molar-refractivity contribution in [3.63, 3.8) is 0 Å². The molecule has 0 unspecified atom stereocenters. The fourth-order valence-electron chi connectivity index (χ4n) is 3.92. The van der Waals surface area contributed by atoms with E-state index in [4.69, 9.17) is 15.2 Å². The number of nitrogens with two attached hydrogens (primary N) is 1. The Bertz CT molecular complexity index is 1010. The number of carbonyl (C=O) groups excluding carboxylic acids is 1. The SMILES string of the molecule is CC(=O)N1CCC[C@@H](Oc2cc(-c3cnc(N)cc3C(F)(F)F)nc(N3CCOCC3)n2)C1. The largest absolute Gasteiger partial charge is 0.472 e. The molecule has 2 saturated heterocycles. The molecule has 0 aliphatic carbocycles. The quantitative estimate of drug-likeness (QED) is 0.732. The minimum absolute atomic E-state index is 0.0283. The predicted molar refractivity (Wildman–Crippen MR) is 114 cm³/mol. The summed E-state index contributed by atoms with van der Waals surface area (Å²) in [5.41, 5.74) is 4.39. The van der Waals surface area contributed by atoms with E-state index in [1.165, 1.54) is 13.0 Å². The molecule has 33 heavy (non-hydrogen) atoms. The molecule has 2 aliphatic rings. The number of halogens is 3. The number of hydrogen-bond donors (Lipinski definition) is 1. The second-order valence-electron chi connectivity index (χ2n) is 7.99. The summed E-state index contributed by atoms with van der Waals surface area (Å²) in [5.74, 6) is 0.0943. The Balaban J connectivity index is 1.72. The molecule has 12 heteroatoms. The average Bonchev–Trinajstić information content (AvgIpc) is 2.79. The van der Waals surface area contributed by atoms with Crippen molar-refractivity contribution in [1.82, 2.24) is 19.9 Å². The van der Waals surface area contributed by atoms with E-state index in [1.54, 1.807) is 4.90 Å². The summed E-state index contributed by atoms with van der Waals surface area (Å²) in [5, 5.41) is 0. The third kappa shape index (κ3) is 5.44. The molecule has 0 radical (unpaired) electrons. The van der Waals surface area contributed by atoms with Crippen molar-refractivity contribution in [2.45, 2.75) is 32.0 Å². The minimum Gasteiger partial charge on any atom is -0.472 e. The lowest BCUT2D eigenvalue weighted by molar-refractivity contribution is -0.137. The molecule has 0 spiro atoms. The molecule has 2 aromatic rings. The second kappa shape index (κ2) is 9.38. The van der Waals surface area contributed by atoms with E-state index < -0.39 is 11.7 Å². The molecule has 178 valence electrons. The summed E-state index contributed by atoms with van der Waals surface area (Å²) in [6, 6.07) is 2.16. The van der Waals surface area contributed by atoms with Crippen LogP contribution in [0.1, 0.15) is 25.3 Å². The maximum atomic E-state index is 13.7. The molecular weight excluding hydrogens is 441 g/mol. The Labute approximate surface area is 188 Å². The van der Waals surface area contributed by atoms with Gasteiger partial charge in [-0.25, -0.2) is 9.97 Å². The number of aromatic nitrogens is 3. The highest BCUT2D eigenvalue weighted by Gasteiger charge is 2.35. The van der Waals surface area contributed by atoms with Gasteiger partial charge in [0.1, 0.15) is 11.9 Å². The number of pyridine rings is 1. The molecule has 0 aromatic carbocycles. The molecule has 9 nitrogen and oxygen atoms in total. The summed E-state index contributed by atoms with van der Waals surface area (Å²) in [6.07, 6.45) is -2.45. The Morgan fingerprint density at radius 2 is 1.97 bits per heavy atom. The van der Waals surface area contributed by atoms with Gasteiger partial charge in [0.15, 0.2) is 0 Å². The number of alkyl halides is 3. The number of rotatable bonds is 4. The van der Waals surface area contributed by atoms with Gasteiger partial charge in [0.25, 0.3) is 0 Å². The summed E-state index contributed by atoms with van der Waals surface area (Å²) >= 11 is 0. The maximum Gasteiger partial charge on any atom is 0.417 e. The van der Waals surface area contributed by atoms with Crippen LogP contribution in [0.15, 0.2) is 18.3 Å². The fourth-order valence-corrected chi connectivity index (χ4v) is 3.92. The molecule has 1 amide bonds. The lowest BCUT2D eigenvalue weighted by Gasteiger charge is -2.32. The topological polar surface area (TPSA) is 107 Å². The van der Waals surface area contributed by atoms with E-state index in [2.05, 4.69) is 15.0 Å². The molecule has 4 heterocycles. The van der Waals surface area contributed by atoms with Gasteiger partial charge in [0, 0.05) is 44.4 Å². The highest BCUT2D eigenvalue weighted by Crippen LogP contribution is 2.38. The van der Waals surface area contributed by atoms with Crippen molar-refractivity contribution < 1.29 is 27.4 Å². The monoisotopic (exact) mass is 466 g/mol. The van der Waals surface area contributed by atoms with Crippen LogP contribution in [0.4, 0.5) is 24.9 Å². The zero-order valence-corrected chi connectivity index (χ0v) is 18.1. The number of morpholine rings is 1. The number of hydrogen-bond acceptors (Lipinski definition) is 8. The molecule has 2 N–H and O–H groups in total. The summed E-state index contributed by atoms with van der Waals surface area (Å²) in [7, 11) is 0. The van der Waals surface area contributed by atoms with Crippen molar-refractivity contribution in [3.05, 3.63) is 23.9 Å². The van der Waals surface area contributed by atoms with Gasteiger partial charge in [-0.15, -0.1) is 0 Å². The number of piperidine rings is 1. The van der Waals surface area contributed by atoms with Gasteiger partial charge in [-0.2, -0.15) is 18.2 Å². The summed E-state index contributed by atoms with van der Waals surface area (Å²) in [6.45, 7) is 4.43. The van der Waals surface area contributed by atoms with Crippen LogP contribution in [0.2, 0.25) is 0 Å². The van der Waals surface area contributed by atoms with E-state index in [0.29, 0.717) is 45.8 Å². The predicted octanol–water partition coefficient (Wildman–Crippen LogP) is 2.37. The first-order valence-electron chi connectivity index (χ1n) is 10.7. The lowest BCUT2D eigenvalue weighted by atomic mass is 10.1. The third-order valence-electron chi connectivity index (χ3n) is 5.60. The van der Waals surface area contributed by atoms with E-state index in [0.717, 1.165) is 18.7 Å². The van der Waals surface area contributed by atoms with Gasteiger partial charge in [-0.3, -0.25) is 4.79 Å². The van der Waals surface area contributed by atoms with E-state index in [-0.39, 0.29) is 40.9 Å². The first-order valence-corrected chi connectivity index (χ1v) is 10.7. The van der Waals surface area contributed by atoms with Gasteiger partial charge in [-0.1, -0.05) is 0 Å². The van der Waals surface area contributed by atoms with Crippen LogP contribution < -0.4 is 15.4 Å². The second-order valence-corrected chi connectivity index (χ2v) is 7.99.